The largest absolute Gasteiger partial charge is 0.353 e. The van der Waals surface area contributed by atoms with Gasteiger partial charge in [-0.05, 0) is 46.1 Å². The van der Waals surface area contributed by atoms with Crippen LogP contribution >= 0.6 is 0 Å². The number of hydrogen-bond acceptors (Lipinski definition) is 4. The molecule has 0 aromatic heterocycles. The molecule has 4 heteroatoms. The van der Waals surface area contributed by atoms with Crippen LogP contribution in [0.15, 0.2) is 0 Å². The molecule has 1 heterocycles. The van der Waals surface area contributed by atoms with Gasteiger partial charge in [-0.15, -0.1) is 0 Å². The lowest BCUT2D eigenvalue weighted by atomic mass is 9.92. The van der Waals surface area contributed by atoms with Crippen molar-refractivity contribution in [3.05, 3.63) is 0 Å². The molecule has 1 fully saturated rings. The summed E-state index contributed by atoms with van der Waals surface area (Å²) in [5.41, 5.74) is 6.00. The van der Waals surface area contributed by atoms with E-state index in [1.165, 1.54) is 19.4 Å². The first kappa shape index (κ1) is 15.9. The maximum absolute atomic E-state index is 6.00. The third-order valence-electron chi connectivity index (χ3n) is 3.67. The van der Waals surface area contributed by atoms with Crippen LogP contribution in [0.4, 0.5) is 0 Å². The molecule has 1 aliphatic heterocycles. The number of likely N-dealkylation sites (tertiary alicyclic amines) is 1. The fraction of sp³-hybridized carbons (Fsp3) is 1.00. The lowest BCUT2D eigenvalue weighted by Crippen LogP contribution is -2.43. The van der Waals surface area contributed by atoms with Crippen LogP contribution in [-0.2, 0) is 9.47 Å². The highest BCUT2D eigenvalue weighted by Gasteiger charge is 2.23. The Labute approximate surface area is 112 Å². The SMILES string of the molecule is CCOC(CCN1CCCC(C(C)N)C1)OCC. The zero-order valence-electron chi connectivity index (χ0n) is 12.2. The molecule has 1 aliphatic rings. The standard InChI is InChI=1S/C14H30N2O2/c1-4-17-14(18-5-2)8-10-16-9-6-7-13(11-16)12(3)15/h12-14H,4-11,15H2,1-3H3. The fourth-order valence-electron chi connectivity index (χ4n) is 2.60. The molecule has 1 rings (SSSR count). The molecule has 0 radical (unpaired) electrons. The van der Waals surface area contributed by atoms with E-state index in [0.29, 0.717) is 25.2 Å². The van der Waals surface area contributed by atoms with E-state index in [9.17, 15) is 0 Å². The van der Waals surface area contributed by atoms with Crippen LogP contribution < -0.4 is 5.73 Å². The highest BCUT2D eigenvalue weighted by Crippen LogP contribution is 2.19. The van der Waals surface area contributed by atoms with E-state index in [1.54, 1.807) is 0 Å². The zero-order chi connectivity index (χ0) is 13.4. The number of rotatable bonds is 8. The summed E-state index contributed by atoms with van der Waals surface area (Å²) >= 11 is 0. The minimum atomic E-state index is -0.0457. The van der Waals surface area contributed by atoms with E-state index in [0.717, 1.165) is 19.5 Å². The topological polar surface area (TPSA) is 47.7 Å². The van der Waals surface area contributed by atoms with Crippen molar-refractivity contribution in [1.29, 1.82) is 0 Å². The number of hydrogen-bond donors (Lipinski definition) is 1. The van der Waals surface area contributed by atoms with Crippen molar-refractivity contribution in [2.45, 2.75) is 52.4 Å². The lowest BCUT2D eigenvalue weighted by Gasteiger charge is -2.35. The van der Waals surface area contributed by atoms with Gasteiger partial charge in [0, 0.05) is 38.8 Å². The normalized spacial score (nSPS) is 23.5. The summed E-state index contributed by atoms with van der Waals surface area (Å²) in [5.74, 6) is 0.649. The Morgan fingerprint density at radius 2 is 1.94 bits per heavy atom. The second kappa shape index (κ2) is 8.86. The summed E-state index contributed by atoms with van der Waals surface area (Å²) in [6.45, 7) is 10.9. The summed E-state index contributed by atoms with van der Waals surface area (Å²) in [5, 5.41) is 0. The van der Waals surface area contributed by atoms with Gasteiger partial charge < -0.3 is 20.1 Å². The predicted molar refractivity (Wildman–Crippen MR) is 74.5 cm³/mol. The molecule has 2 atom stereocenters. The Morgan fingerprint density at radius 1 is 1.28 bits per heavy atom. The van der Waals surface area contributed by atoms with Crippen LogP contribution in [-0.4, -0.2) is 50.1 Å². The quantitative estimate of drug-likeness (QED) is 0.675. The Bertz CT molecular complexity index is 206. The van der Waals surface area contributed by atoms with Crippen LogP contribution in [0.1, 0.15) is 40.0 Å². The molecule has 108 valence electrons. The van der Waals surface area contributed by atoms with Crippen molar-refractivity contribution in [1.82, 2.24) is 4.90 Å². The van der Waals surface area contributed by atoms with Gasteiger partial charge in [0.05, 0.1) is 0 Å². The summed E-state index contributed by atoms with van der Waals surface area (Å²) in [4.78, 5) is 2.50. The number of piperidine rings is 1. The molecule has 1 saturated heterocycles. The first-order chi connectivity index (χ1) is 8.67. The molecular weight excluding hydrogens is 228 g/mol. The van der Waals surface area contributed by atoms with Gasteiger partial charge in [-0.1, -0.05) is 0 Å². The van der Waals surface area contributed by atoms with Crippen LogP contribution in [0, 0.1) is 5.92 Å². The Morgan fingerprint density at radius 3 is 2.50 bits per heavy atom. The molecule has 0 aliphatic carbocycles. The molecule has 18 heavy (non-hydrogen) atoms. The van der Waals surface area contributed by atoms with Crippen molar-refractivity contribution < 1.29 is 9.47 Å². The van der Waals surface area contributed by atoms with Crippen LogP contribution in [0.3, 0.4) is 0 Å². The van der Waals surface area contributed by atoms with Gasteiger partial charge >= 0.3 is 0 Å². The van der Waals surface area contributed by atoms with Crippen LogP contribution in [0.25, 0.3) is 0 Å². The summed E-state index contributed by atoms with van der Waals surface area (Å²) < 4.78 is 11.1. The fourth-order valence-corrected chi connectivity index (χ4v) is 2.60. The maximum atomic E-state index is 6.00. The van der Waals surface area contributed by atoms with E-state index in [4.69, 9.17) is 15.2 Å². The minimum absolute atomic E-state index is 0.0457. The molecule has 0 bridgehead atoms. The van der Waals surface area contributed by atoms with Crippen molar-refractivity contribution in [3.63, 3.8) is 0 Å². The Balaban J connectivity index is 2.28. The van der Waals surface area contributed by atoms with Crippen molar-refractivity contribution in [3.8, 4) is 0 Å². The molecule has 0 aromatic carbocycles. The van der Waals surface area contributed by atoms with Gasteiger partial charge in [0.2, 0.25) is 0 Å². The first-order valence-electron chi connectivity index (χ1n) is 7.38. The molecule has 0 amide bonds. The molecule has 4 nitrogen and oxygen atoms in total. The van der Waals surface area contributed by atoms with Crippen LogP contribution in [0.5, 0.6) is 0 Å². The maximum Gasteiger partial charge on any atom is 0.158 e. The monoisotopic (exact) mass is 258 g/mol. The average molecular weight is 258 g/mol. The van der Waals surface area contributed by atoms with Gasteiger partial charge in [-0.3, -0.25) is 0 Å². The smallest absolute Gasteiger partial charge is 0.158 e. The van der Waals surface area contributed by atoms with E-state index >= 15 is 0 Å². The highest BCUT2D eigenvalue weighted by atomic mass is 16.7. The van der Waals surface area contributed by atoms with Crippen molar-refractivity contribution >= 4 is 0 Å². The van der Waals surface area contributed by atoms with E-state index in [-0.39, 0.29) is 6.29 Å². The molecule has 0 aromatic rings. The van der Waals surface area contributed by atoms with E-state index in [1.807, 2.05) is 13.8 Å². The Kier molecular flexibility index (Phi) is 7.82. The van der Waals surface area contributed by atoms with Gasteiger partial charge in [0.1, 0.15) is 0 Å². The average Bonchev–Trinajstić information content (AvgIpc) is 2.37. The van der Waals surface area contributed by atoms with Gasteiger partial charge in [-0.25, -0.2) is 0 Å². The molecular formula is C14H30N2O2. The second-order valence-electron chi connectivity index (χ2n) is 5.19. The number of nitrogens with zero attached hydrogens (tertiary/aromatic N) is 1. The third-order valence-corrected chi connectivity index (χ3v) is 3.67. The van der Waals surface area contributed by atoms with E-state index < -0.39 is 0 Å². The molecule has 0 spiro atoms. The van der Waals surface area contributed by atoms with E-state index in [2.05, 4.69) is 11.8 Å². The van der Waals surface area contributed by atoms with Gasteiger partial charge in [0.15, 0.2) is 6.29 Å². The van der Waals surface area contributed by atoms with Crippen molar-refractivity contribution in [2.75, 3.05) is 32.8 Å². The third kappa shape index (κ3) is 5.65. The lowest BCUT2D eigenvalue weighted by molar-refractivity contribution is -0.142. The first-order valence-corrected chi connectivity index (χ1v) is 7.38. The van der Waals surface area contributed by atoms with Gasteiger partial charge in [0.25, 0.3) is 0 Å². The second-order valence-corrected chi connectivity index (χ2v) is 5.19. The molecule has 2 N–H and O–H groups in total. The molecule has 0 saturated carbocycles. The minimum Gasteiger partial charge on any atom is -0.353 e. The van der Waals surface area contributed by atoms with Crippen LogP contribution in [0.2, 0.25) is 0 Å². The number of ether oxygens (including phenoxy) is 2. The number of nitrogens with two attached hydrogens (primary N) is 1. The summed E-state index contributed by atoms with van der Waals surface area (Å²) in [6, 6.07) is 0.308. The summed E-state index contributed by atoms with van der Waals surface area (Å²) in [6.07, 6.45) is 3.44. The summed E-state index contributed by atoms with van der Waals surface area (Å²) in [7, 11) is 0. The molecule has 2 unspecified atom stereocenters. The zero-order valence-corrected chi connectivity index (χ0v) is 12.2. The Hall–Kier alpha value is -0.160. The van der Waals surface area contributed by atoms with Crippen molar-refractivity contribution in [2.24, 2.45) is 11.7 Å². The van der Waals surface area contributed by atoms with Gasteiger partial charge in [-0.2, -0.15) is 0 Å². The highest BCUT2D eigenvalue weighted by molar-refractivity contribution is 4.78. The predicted octanol–water partition coefficient (Wildman–Crippen LogP) is 1.83.